The highest BCUT2D eigenvalue weighted by molar-refractivity contribution is 5.92. The van der Waals surface area contributed by atoms with Gasteiger partial charge in [0.15, 0.2) is 6.10 Å². The maximum absolute atomic E-state index is 12.5. The minimum Gasteiger partial charge on any atom is -0.458 e. The Balaban J connectivity index is 2.07. The summed E-state index contributed by atoms with van der Waals surface area (Å²) in [6.07, 6.45) is 0.954. The summed E-state index contributed by atoms with van der Waals surface area (Å²) in [5.74, 6) is -4.18. The van der Waals surface area contributed by atoms with Gasteiger partial charge in [-0.2, -0.15) is 0 Å². The quantitative estimate of drug-likeness (QED) is 0.320. The lowest BCUT2D eigenvalue weighted by Gasteiger charge is -2.32. The molecule has 6 atom stereocenters. The van der Waals surface area contributed by atoms with Crippen LogP contribution in [0.1, 0.15) is 47.5 Å². The monoisotopic (exact) mass is 420 g/mol. The predicted molar refractivity (Wildman–Crippen MR) is 105 cm³/mol. The first kappa shape index (κ1) is 22.2. The van der Waals surface area contributed by atoms with E-state index in [1.165, 1.54) is 6.92 Å². The molecule has 0 aromatic carbocycles. The van der Waals surface area contributed by atoms with Crippen LogP contribution in [0.5, 0.6) is 0 Å². The highest BCUT2D eigenvalue weighted by atomic mass is 16.7. The van der Waals surface area contributed by atoms with Crippen molar-refractivity contribution in [2.24, 2.45) is 5.92 Å². The van der Waals surface area contributed by atoms with Crippen LogP contribution in [-0.2, 0) is 33.3 Å². The number of ether oxygens (including phenoxy) is 4. The van der Waals surface area contributed by atoms with Crippen LogP contribution in [0.25, 0.3) is 0 Å². The second kappa shape index (κ2) is 7.67. The van der Waals surface area contributed by atoms with E-state index in [1.54, 1.807) is 39.8 Å². The highest BCUT2D eigenvalue weighted by Crippen LogP contribution is 2.49. The molecule has 3 heterocycles. The van der Waals surface area contributed by atoms with Crippen molar-refractivity contribution in [3.05, 3.63) is 35.5 Å². The first-order valence-electron chi connectivity index (χ1n) is 9.92. The molecule has 0 radical (unpaired) electrons. The predicted octanol–water partition coefficient (Wildman–Crippen LogP) is 2.11. The summed E-state index contributed by atoms with van der Waals surface area (Å²) in [4.78, 5) is 36.4. The molecule has 2 bridgehead atoms. The maximum Gasteiger partial charge on any atom is 0.334 e. The third kappa shape index (κ3) is 3.81. The van der Waals surface area contributed by atoms with Gasteiger partial charge in [-0.1, -0.05) is 12.7 Å². The zero-order valence-electron chi connectivity index (χ0n) is 17.9. The largest absolute Gasteiger partial charge is 0.458 e. The van der Waals surface area contributed by atoms with E-state index in [0.29, 0.717) is 11.1 Å². The lowest BCUT2D eigenvalue weighted by atomic mass is 9.81. The summed E-state index contributed by atoms with van der Waals surface area (Å²) in [5.41, 5.74) is -0.0447. The first-order chi connectivity index (χ1) is 13.9. The van der Waals surface area contributed by atoms with Gasteiger partial charge in [-0.3, -0.25) is 4.79 Å². The molecule has 164 valence electrons. The summed E-state index contributed by atoms with van der Waals surface area (Å²) < 4.78 is 22.6. The maximum atomic E-state index is 12.5. The summed E-state index contributed by atoms with van der Waals surface area (Å²) in [5, 5.41) is 11.3. The summed E-state index contributed by atoms with van der Waals surface area (Å²) in [6.45, 7) is 11.8. The van der Waals surface area contributed by atoms with Crippen LogP contribution >= 0.6 is 0 Å². The Labute approximate surface area is 175 Å². The van der Waals surface area contributed by atoms with Crippen molar-refractivity contribution in [1.82, 2.24) is 0 Å². The number of aliphatic hydroxyl groups is 1. The van der Waals surface area contributed by atoms with E-state index >= 15 is 0 Å². The van der Waals surface area contributed by atoms with Crippen LogP contribution < -0.4 is 0 Å². The zero-order valence-corrected chi connectivity index (χ0v) is 17.9. The van der Waals surface area contributed by atoms with E-state index in [0.717, 1.165) is 0 Å². The summed E-state index contributed by atoms with van der Waals surface area (Å²) in [7, 11) is 0. The lowest BCUT2D eigenvalue weighted by Crippen LogP contribution is -2.43. The third-order valence-electron chi connectivity index (χ3n) is 6.05. The number of carbonyl (C=O) groups excluding carboxylic acids is 3. The average Bonchev–Trinajstić information content (AvgIpc) is 3.06. The van der Waals surface area contributed by atoms with Gasteiger partial charge in [0.1, 0.15) is 12.2 Å². The molecular weight excluding hydrogens is 392 g/mol. The van der Waals surface area contributed by atoms with E-state index < -0.39 is 53.5 Å². The molecule has 6 unspecified atom stereocenters. The van der Waals surface area contributed by atoms with Crippen molar-refractivity contribution in [1.29, 1.82) is 0 Å². The topological polar surface area (TPSA) is 108 Å². The molecule has 2 saturated heterocycles. The van der Waals surface area contributed by atoms with Gasteiger partial charge >= 0.3 is 17.9 Å². The van der Waals surface area contributed by atoms with Gasteiger partial charge in [-0.15, -0.1) is 0 Å². The van der Waals surface area contributed by atoms with Crippen LogP contribution in [0.15, 0.2) is 35.5 Å². The Bertz CT molecular complexity index is 855. The Kier molecular flexibility index (Phi) is 5.68. The van der Waals surface area contributed by atoms with Crippen molar-refractivity contribution in [3.63, 3.8) is 0 Å². The van der Waals surface area contributed by atoms with Gasteiger partial charge < -0.3 is 24.1 Å². The Morgan fingerprint density at radius 2 is 1.97 bits per heavy atom. The van der Waals surface area contributed by atoms with Crippen LogP contribution in [0.3, 0.4) is 0 Å². The lowest BCUT2D eigenvalue weighted by molar-refractivity contribution is -0.231. The molecule has 8 heteroatoms. The van der Waals surface area contributed by atoms with Crippen molar-refractivity contribution < 1.29 is 38.4 Å². The van der Waals surface area contributed by atoms with Crippen molar-refractivity contribution in [3.8, 4) is 0 Å². The molecule has 8 nitrogen and oxygen atoms in total. The highest BCUT2D eigenvalue weighted by Gasteiger charge is 2.60. The van der Waals surface area contributed by atoms with Crippen LogP contribution in [0.2, 0.25) is 0 Å². The molecule has 30 heavy (non-hydrogen) atoms. The van der Waals surface area contributed by atoms with Crippen molar-refractivity contribution in [2.75, 3.05) is 0 Å². The number of rotatable bonds is 3. The molecule has 0 saturated carbocycles. The van der Waals surface area contributed by atoms with Gasteiger partial charge in [0.2, 0.25) is 5.79 Å². The van der Waals surface area contributed by atoms with E-state index in [1.807, 2.05) is 0 Å². The van der Waals surface area contributed by atoms with Crippen molar-refractivity contribution >= 4 is 17.9 Å². The number of carbonyl (C=O) groups is 3. The SMILES string of the molecule is C=C1C(=O)OC2C=C(C)C3(O)OC(C)(CC(OC(=O)C(C)=CC)C12)CC3OC(C)=O. The summed E-state index contributed by atoms with van der Waals surface area (Å²) >= 11 is 0. The molecule has 1 N–H and O–H groups in total. The molecule has 3 aliphatic rings. The average molecular weight is 420 g/mol. The van der Waals surface area contributed by atoms with E-state index in [9.17, 15) is 19.5 Å². The van der Waals surface area contributed by atoms with Crippen LogP contribution in [-0.4, -0.2) is 52.7 Å². The Morgan fingerprint density at radius 3 is 2.57 bits per heavy atom. The second-order valence-corrected chi connectivity index (χ2v) is 8.44. The number of esters is 3. The molecule has 0 aromatic rings. The fraction of sp³-hybridized carbons (Fsp3) is 0.591. The standard InChI is InChI=1S/C22H28O8/c1-7-11(2)19(24)29-16-9-21(6)10-17(27-14(5)23)22(26,30-21)12(3)8-15-18(16)13(4)20(25)28-15/h7-8,15-18,26H,4,9-10H2,1-3,5-6H3. The molecule has 3 aliphatic heterocycles. The second-order valence-electron chi connectivity index (χ2n) is 8.44. The Hall–Kier alpha value is -2.45. The Morgan fingerprint density at radius 1 is 1.30 bits per heavy atom. The smallest absolute Gasteiger partial charge is 0.334 e. The van der Waals surface area contributed by atoms with Gasteiger partial charge in [0.05, 0.1) is 11.5 Å². The third-order valence-corrected chi connectivity index (χ3v) is 6.05. The van der Waals surface area contributed by atoms with Crippen LogP contribution in [0, 0.1) is 5.92 Å². The number of hydrogen-bond donors (Lipinski definition) is 1. The van der Waals surface area contributed by atoms with Crippen molar-refractivity contribution in [2.45, 2.75) is 77.2 Å². The van der Waals surface area contributed by atoms with E-state index in [2.05, 4.69) is 6.58 Å². The first-order valence-corrected chi connectivity index (χ1v) is 9.92. The molecular formula is C22H28O8. The minimum absolute atomic E-state index is 0.147. The van der Waals surface area contributed by atoms with Gasteiger partial charge in [-0.25, -0.2) is 9.59 Å². The number of fused-ring (bicyclic) bond motifs is 3. The molecule has 3 rings (SSSR count). The fourth-order valence-corrected chi connectivity index (χ4v) is 4.36. The summed E-state index contributed by atoms with van der Waals surface area (Å²) in [6, 6.07) is 0. The molecule has 0 aliphatic carbocycles. The molecule has 0 spiro atoms. The zero-order chi connectivity index (χ0) is 22.4. The van der Waals surface area contributed by atoms with Gasteiger partial charge in [0, 0.05) is 30.9 Å². The fourth-order valence-electron chi connectivity index (χ4n) is 4.36. The van der Waals surface area contributed by atoms with E-state index in [4.69, 9.17) is 18.9 Å². The number of hydrogen-bond acceptors (Lipinski definition) is 8. The number of allylic oxidation sites excluding steroid dienone is 1. The minimum atomic E-state index is -1.89. The van der Waals surface area contributed by atoms with Gasteiger partial charge in [0.25, 0.3) is 0 Å². The van der Waals surface area contributed by atoms with Gasteiger partial charge in [-0.05, 0) is 39.3 Å². The van der Waals surface area contributed by atoms with E-state index in [-0.39, 0.29) is 18.4 Å². The molecule has 0 amide bonds. The molecule has 2 fully saturated rings. The normalized spacial score (nSPS) is 38.6. The van der Waals surface area contributed by atoms with Crippen LogP contribution in [0.4, 0.5) is 0 Å². The molecule has 0 aromatic heterocycles.